The van der Waals surface area contributed by atoms with Crippen molar-refractivity contribution in [2.24, 2.45) is 11.8 Å². The maximum absolute atomic E-state index is 13.0. The van der Waals surface area contributed by atoms with Crippen molar-refractivity contribution in [1.29, 1.82) is 0 Å². The maximum Gasteiger partial charge on any atom is 0.319 e. The molecule has 1 saturated heterocycles. The molecule has 1 saturated carbocycles. The molecule has 7 heteroatoms. The van der Waals surface area contributed by atoms with E-state index in [1.54, 1.807) is 0 Å². The average molecular weight is 416 g/mol. The van der Waals surface area contributed by atoms with Crippen molar-refractivity contribution in [3.05, 3.63) is 23.8 Å². The van der Waals surface area contributed by atoms with Crippen molar-refractivity contribution in [3.63, 3.8) is 0 Å². The molecular weight excluding hydrogens is 382 g/mol. The minimum absolute atomic E-state index is 0.0173. The van der Waals surface area contributed by atoms with E-state index >= 15 is 0 Å². The van der Waals surface area contributed by atoms with Crippen molar-refractivity contribution in [3.8, 4) is 11.5 Å². The standard InChI is InChI=1S/C23H33N3O4/c1-3-25(4-2)23(28)26-11-9-17(10-12-26)22(27)24-21(16-5-6-16)18-7-8-19-20(15-18)30-14-13-29-19/h7-8,15-17,21H,3-6,9-14H2,1-2H3,(H,24,27). The Morgan fingerprint density at radius 3 is 2.37 bits per heavy atom. The number of hydrogen-bond donors (Lipinski definition) is 1. The zero-order valence-corrected chi connectivity index (χ0v) is 18.1. The number of piperidine rings is 1. The molecule has 0 aromatic heterocycles. The lowest BCUT2D eigenvalue weighted by atomic mass is 9.94. The molecule has 164 valence electrons. The molecule has 3 amide bonds. The van der Waals surface area contributed by atoms with E-state index in [-0.39, 0.29) is 23.9 Å². The van der Waals surface area contributed by atoms with Gasteiger partial charge < -0.3 is 24.6 Å². The van der Waals surface area contributed by atoms with Gasteiger partial charge in [0.2, 0.25) is 5.91 Å². The Morgan fingerprint density at radius 2 is 1.73 bits per heavy atom. The first-order valence-corrected chi connectivity index (χ1v) is 11.3. The molecule has 0 spiro atoms. The molecule has 1 aromatic rings. The SMILES string of the molecule is CCN(CC)C(=O)N1CCC(C(=O)NC(c2ccc3c(c2)OCCO3)C2CC2)CC1. The number of carbonyl (C=O) groups excluding carboxylic acids is 2. The van der Waals surface area contributed by atoms with Gasteiger partial charge in [-0.05, 0) is 63.1 Å². The quantitative estimate of drug-likeness (QED) is 0.775. The minimum atomic E-state index is -0.0378. The number of nitrogens with one attached hydrogen (secondary N) is 1. The zero-order valence-electron chi connectivity index (χ0n) is 18.1. The van der Waals surface area contributed by atoms with E-state index in [4.69, 9.17) is 9.47 Å². The van der Waals surface area contributed by atoms with Crippen LogP contribution in [0.25, 0.3) is 0 Å². The van der Waals surface area contributed by atoms with E-state index in [0.29, 0.717) is 45.3 Å². The van der Waals surface area contributed by atoms with Crippen LogP contribution in [0.4, 0.5) is 4.79 Å². The molecule has 2 fully saturated rings. The molecule has 1 N–H and O–H groups in total. The fraction of sp³-hybridized carbons (Fsp3) is 0.652. The summed E-state index contributed by atoms with van der Waals surface area (Å²) in [4.78, 5) is 29.3. The monoisotopic (exact) mass is 415 g/mol. The highest BCUT2D eigenvalue weighted by Crippen LogP contribution is 2.43. The molecule has 1 aromatic carbocycles. The fourth-order valence-electron chi connectivity index (χ4n) is 4.45. The molecule has 1 aliphatic carbocycles. The van der Waals surface area contributed by atoms with Gasteiger partial charge >= 0.3 is 6.03 Å². The van der Waals surface area contributed by atoms with Crippen molar-refractivity contribution in [2.45, 2.75) is 45.6 Å². The Bertz CT molecular complexity index is 768. The Balaban J connectivity index is 1.36. The molecule has 0 bridgehead atoms. The van der Waals surface area contributed by atoms with Crippen LogP contribution in [0.15, 0.2) is 18.2 Å². The highest BCUT2D eigenvalue weighted by molar-refractivity contribution is 5.80. The highest BCUT2D eigenvalue weighted by atomic mass is 16.6. The van der Waals surface area contributed by atoms with Gasteiger partial charge in [0.15, 0.2) is 11.5 Å². The third-order valence-electron chi connectivity index (χ3n) is 6.49. The summed E-state index contributed by atoms with van der Waals surface area (Å²) >= 11 is 0. The number of benzene rings is 1. The van der Waals surface area contributed by atoms with Gasteiger partial charge in [0.05, 0.1) is 6.04 Å². The summed E-state index contributed by atoms with van der Waals surface area (Å²) in [6.45, 7) is 7.85. The first kappa shape index (κ1) is 20.8. The Hall–Kier alpha value is -2.44. The second-order valence-corrected chi connectivity index (χ2v) is 8.44. The Labute approximate surface area is 178 Å². The van der Waals surface area contributed by atoms with Crippen molar-refractivity contribution in [2.75, 3.05) is 39.4 Å². The van der Waals surface area contributed by atoms with Gasteiger partial charge in [-0.1, -0.05) is 6.07 Å². The normalized spacial score (nSPS) is 19.9. The molecule has 7 nitrogen and oxygen atoms in total. The van der Waals surface area contributed by atoms with Crippen LogP contribution in [0.3, 0.4) is 0 Å². The average Bonchev–Trinajstić information content (AvgIpc) is 3.63. The van der Waals surface area contributed by atoms with Crippen molar-refractivity contribution in [1.82, 2.24) is 15.1 Å². The second kappa shape index (κ2) is 9.14. The zero-order chi connectivity index (χ0) is 21.1. The molecule has 2 aliphatic heterocycles. The smallest absolute Gasteiger partial charge is 0.319 e. The van der Waals surface area contributed by atoms with Crippen LogP contribution in [0, 0.1) is 11.8 Å². The summed E-state index contributed by atoms with van der Waals surface area (Å²) in [5.41, 5.74) is 1.09. The van der Waals surface area contributed by atoms with Gasteiger partial charge in [0.1, 0.15) is 13.2 Å². The van der Waals surface area contributed by atoms with Gasteiger partial charge in [-0.25, -0.2) is 4.79 Å². The Morgan fingerprint density at radius 1 is 1.07 bits per heavy atom. The lowest BCUT2D eigenvalue weighted by molar-refractivity contribution is -0.127. The first-order valence-electron chi connectivity index (χ1n) is 11.3. The minimum Gasteiger partial charge on any atom is -0.486 e. The summed E-state index contributed by atoms with van der Waals surface area (Å²) in [6.07, 6.45) is 3.71. The molecule has 30 heavy (non-hydrogen) atoms. The summed E-state index contributed by atoms with van der Waals surface area (Å²) in [5, 5.41) is 3.31. The number of urea groups is 1. The maximum atomic E-state index is 13.0. The molecule has 2 heterocycles. The lowest BCUT2D eigenvalue weighted by Crippen LogP contribution is -2.48. The molecule has 4 rings (SSSR count). The molecular formula is C23H33N3O4. The van der Waals surface area contributed by atoms with E-state index in [1.165, 1.54) is 0 Å². The second-order valence-electron chi connectivity index (χ2n) is 8.44. The Kier molecular flexibility index (Phi) is 6.35. The number of rotatable bonds is 6. The van der Waals surface area contributed by atoms with Crippen LogP contribution in [0.1, 0.15) is 51.1 Å². The van der Waals surface area contributed by atoms with E-state index in [2.05, 4.69) is 5.32 Å². The topological polar surface area (TPSA) is 71.1 Å². The van der Waals surface area contributed by atoms with Gasteiger partial charge in [-0.15, -0.1) is 0 Å². The van der Waals surface area contributed by atoms with E-state index in [0.717, 1.165) is 42.7 Å². The number of amides is 3. The number of carbonyl (C=O) groups is 2. The first-order chi connectivity index (χ1) is 14.6. The van der Waals surface area contributed by atoms with Crippen LogP contribution in [0.2, 0.25) is 0 Å². The van der Waals surface area contributed by atoms with Crippen molar-refractivity contribution >= 4 is 11.9 Å². The predicted octanol–water partition coefficient (Wildman–Crippen LogP) is 3.20. The summed E-state index contributed by atoms with van der Waals surface area (Å²) in [5.74, 6) is 2.10. The summed E-state index contributed by atoms with van der Waals surface area (Å²) < 4.78 is 11.4. The lowest BCUT2D eigenvalue weighted by Gasteiger charge is -2.35. The summed E-state index contributed by atoms with van der Waals surface area (Å²) in [7, 11) is 0. The number of likely N-dealkylation sites (tertiary alicyclic amines) is 1. The van der Waals surface area contributed by atoms with Gasteiger partial charge in [0.25, 0.3) is 0 Å². The van der Waals surface area contributed by atoms with E-state index in [9.17, 15) is 9.59 Å². The number of ether oxygens (including phenoxy) is 2. The largest absolute Gasteiger partial charge is 0.486 e. The van der Waals surface area contributed by atoms with E-state index in [1.807, 2.05) is 41.8 Å². The van der Waals surface area contributed by atoms with Gasteiger partial charge in [-0.3, -0.25) is 4.79 Å². The molecule has 3 aliphatic rings. The number of nitrogens with zero attached hydrogens (tertiary/aromatic N) is 2. The van der Waals surface area contributed by atoms with Gasteiger partial charge in [-0.2, -0.15) is 0 Å². The fourth-order valence-corrected chi connectivity index (χ4v) is 4.45. The van der Waals surface area contributed by atoms with Crippen molar-refractivity contribution < 1.29 is 19.1 Å². The molecule has 0 radical (unpaired) electrons. The number of fused-ring (bicyclic) bond motifs is 1. The third-order valence-corrected chi connectivity index (χ3v) is 6.49. The van der Waals surface area contributed by atoms with Gasteiger partial charge in [0, 0.05) is 32.1 Å². The summed E-state index contributed by atoms with van der Waals surface area (Å²) in [6, 6.07) is 6.11. The van der Waals surface area contributed by atoms with Crippen LogP contribution < -0.4 is 14.8 Å². The predicted molar refractivity (Wildman–Crippen MR) is 114 cm³/mol. The van der Waals surface area contributed by atoms with Crippen LogP contribution >= 0.6 is 0 Å². The third kappa shape index (κ3) is 4.50. The highest BCUT2D eigenvalue weighted by Gasteiger charge is 2.36. The molecule has 1 atom stereocenters. The van der Waals surface area contributed by atoms with Crippen LogP contribution in [-0.4, -0.2) is 61.1 Å². The molecule has 1 unspecified atom stereocenters. The van der Waals surface area contributed by atoms with E-state index < -0.39 is 0 Å². The van der Waals surface area contributed by atoms with Crippen LogP contribution in [-0.2, 0) is 4.79 Å². The van der Waals surface area contributed by atoms with Crippen LogP contribution in [0.5, 0.6) is 11.5 Å². The number of hydrogen-bond acceptors (Lipinski definition) is 4.